The molecule has 0 saturated heterocycles. The van der Waals surface area contributed by atoms with Crippen LogP contribution in [-0.4, -0.2) is 27.7 Å². The molecule has 3 aromatic rings. The number of halogens is 1. The number of fused-ring (bicyclic) bond motifs is 1. The van der Waals surface area contributed by atoms with E-state index in [1.54, 1.807) is 19.1 Å². The fourth-order valence-corrected chi connectivity index (χ4v) is 2.20. The zero-order valence-electron chi connectivity index (χ0n) is 13.2. The molecule has 0 atom stereocenters. The molecule has 24 heavy (non-hydrogen) atoms. The number of esters is 1. The summed E-state index contributed by atoms with van der Waals surface area (Å²) in [6.45, 7) is 3.81. The van der Waals surface area contributed by atoms with Crippen LogP contribution in [0.25, 0.3) is 11.1 Å². The first-order chi connectivity index (χ1) is 11.6. The van der Waals surface area contributed by atoms with E-state index in [4.69, 9.17) is 9.26 Å². The van der Waals surface area contributed by atoms with Crippen LogP contribution in [0.1, 0.15) is 30.2 Å². The molecule has 0 amide bonds. The van der Waals surface area contributed by atoms with Gasteiger partial charge in [0.05, 0.1) is 12.3 Å². The molecular formula is C16H15FN4O3. The second-order valence-corrected chi connectivity index (χ2v) is 4.91. The van der Waals surface area contributed by atoms with Crippen molar-refractivity contribution in [3.05, 3.63) is 41.6 Å². The van der Waals surface area contributed by atoms with Gasteiger partial charge in [-0.3, -0.25) is 0 Å². The third-order valence-electron chi connectivity index (χ3n) is 3.31. The maximum Gasteiger partial charge on any atom is 0.376 e. The lowest BCUT2D eigenvalue weighted by Crippen LogP contribution is -2.11. The van der Waals surface area contributed by atoms with Gasteiger partial charge in [0.1, 0.15) is 17.0 Å². The highest BCUT2D eigenvalue weighted by Crippen LogP contribution is 2.27. The molecule has 0 spiro atoms. The number of aryl methyl sites for hydroxylation is 1. The number of hydrogen-bond acceptors (Lipinski definition) is 7. The van der Waals surface area contributed by atoms with E-state index in [0.29, 0.717) is 29.0 Å². The van der Waals surface area contributed by atoms with Gasteiger partial charge in [0.25, 0.3) is 5.71 Å². The van der Waals surface area contributed by atoms with Gasteiger partial charge in [-0.05, 0) is 37.6 Å². The molecule has 0 aliphatic carbocycles. The summed E-state index contributed by atoms with van der Waals surface area (Å²) in [6.07, 6.45) is 0.604. The highest BCUT2D eigenvalue weighted by molar-refractivity contribution is 5.94. The average molecular weight is 330 g/mol. The van der Waals surface area contributed by atoms with Crippen molar-refractivity contribution in [3.63, 3.8) is 0 Å². The van der Waals surface area contributed by atoms with Crippen molar-refractivity contribution in [2.45, 2.75) is 20.3 Å². The van der Waals surface area contributed by atoms with Crippen LogP contribution in [-0.2, 0) is 11.2 Å². The second kappa shape index (κ2) is 6.61. The molecule has 124 valence electrons. The molecule has 0 saturated carbocycles. The molecule has 0 aliphatic rings. The zero-order chi connectivity index (χ0) is 17.1. The van der Waals surface area contributed by atoms with Gasteiger partial charge in [0.15, 0.2) is 0 Å². The lowest BCUT2D eigenvalue weighted by atomic mass is 10.2. The molecule has 0 bridgehead atoms. The van der Waals surface area contributed by atoms with Gasteiger partial charge in [0, 0.05) is 5.69 Å². The number of nitrogens with zero attached hydrogens (tertiary/aromatic N) is 3. The minimum absolute atomic E-state index is 0.132. The van der Waals surface area contributed by atoms with Gasteiger partial charge in [-0.1, -0.05) is 12.1 Å². The quantitative estimate of drug-likeness (QED) is 0.718. The Bertz CT molecular complexity index is 877. The van der Waals surface area contributed by atoms with Crippen molar-refractivity contribution in [3.8, 4) is 0 Å². The van der Waals surface area contributed by atoms with Crippen LogP contribution in [0.4, 0.5) is 15.9 Å². The van der Waals surface area contributed by atoms with Crippen molar-refractivity contribution >= 4 is 28.6 Å². The van der Waals surface area contributed by atoms with Crippen LogP contribution in [0, 0.1) is 5.82 Å². The van der Waals surface area contributed by atoms with Crippen LogP contribution in [0.5, 0.6) is 0 Å². The predicted octanol–water partition coefficient (Wildman–Crippen LogP) is 3.24. The number of rotatable bonds is 5. The van der Waals surface area contributed by atoms with E-state index in [-0.39, 0.29) is 24.0 Å². The van der Waals surface area contributed by atoms with Crippen molar-refractivity contribution in [2.75, 3.05) is 11.9 Å². The third kappa shape index (κ3) is 3.03. The summed E-state index contributed by atoms with van der Waals surface area (Å²) in [7, 11) is 0. The van der Waals surface area contributed by atoms with Crippen molar-refractivity contribution in [1.82, 2.24) is 15.1 Å². The van der Waals surface area contributed by atoms with Gasteiger partial charge < -0.3 is 14.6 Å². The summed E-state index contributed by atoms with van der Waals surface area (Å²) in [5.74, 6) is -0.781. The van der Waals surface area contributed by atoms with Crippen LogP contribution < -0.4 is 5.32 Å². The van der Waals surface area contributed by atoms with Gasteiger partial charge in [-0.2, -0.15) is 4.98 Å². The molecule has 0 unspecified atom stereocenters. The largest absolute Gasteiger partial charge is 0.460 e. The van der Waals surface area contributed by atoms with Crippen LogP contribution in [0.15, 0.2) is 28.8 Å². The number of carbonyl (C=O) groups is 1. The summed E-state index contributed by atoms with van der Waals surface area (Å²) in [5, 5.41) is 7.57. The Labute approximate surface area is 136 Å². The Balaban J connectivity index is 2.09. The molecule has 1 N–H and O–H groups in total. The Hall–Kier alpha value is -3.03. The number of nitrogens with one attached hydrogen (secondary N) is 1. The van der Waals surface area contributed by atoms with Gasteiger partial charge >= 0.3 is 5.97 Å². The van der Waals surface area contributed by atoms with E-state index in [1.807, 2.05) is 6.92 Å². The Morgan fingerprint density at radius 1 is 1.25 bits per heavy atom. The smallest absolute Gasteiger partial charge is 0.376 e. The van der Waals surface area contributed by atoms with Gasteiger partial charge in [-0.25, -0.2) is 14.2 Å². The molecule has 0 radical (unpaired) electrons. The number of hydrogen-bond donors (Lipinski definition) is 1. The lowest BCUT2D eigenvalue weighted by molar-refractivity contribution is 0.0512. The van der Waals surface area contributed by atoms with Crippen molar-refractivity contribution in [1.29, 1.82) is 0 Å². The third-order valence-corrected chi connectivity index (χ3v) is 3.31. The molecule has 8 heteroatoms. The molecule has 2 aromatic heterocycles. The standard InChI is InChI=1S/C16H15FN4O3/c1-3-11-12-13(18-10-7-5-9(17)6-8-10)19-14(16(22)23-4-2)20-15(12)24-21-11/h5-8H,3-4H2,1-2H3,(H,18,19,20). The topological polar surface area (TPSA) is 90.1 Å². The summed E-state index contributed by atoms with van der Waals surface area (Å²) in [4.78, 5) is 20.2. The fourth-order valence-electron chi connectivity index (χ4n) is 2.20. The zero-order valence-corrected chi connectivity index (χ0v) is 13.2. The number of aromatic nitrogens is 3. The van der Waals surface area contributed by atoms with Crippen LogP contribution >= 0.6 is 0 Å². The summed E-state index contributed by atoms with van der Waals surface area (Å²) >= 11 is 0. The number of carbonyl (C=O) groups excluding carboxylic acids is 1. The van der Waals surface area contributed by atoms with Crippen LogP contribution in [0.3, 0.4) is 0 Å². The maximum absolute atomic E-state index is 13.1. The lowest BCUT2D eigenvalue weighted by Gasteiger charge is -2.08. The first kappa shape index (κ1) is 15.9. The minimum atomic E-state index is -0.656. The minimum Gasteiger partial charge on any atom is -0.460 e. The summed E-state index contributed by atoms with van der Waals surface area (Å²) in [6, 6.07) is 5.77. The average Bonchev–Trinajstić information content (AvgIpc) is 3.00. The molecule has 0 fully saturated rings. The van der Waals surface area contributed by atoms with E-state index >= 15 is 0 Å². The van der Waals surface area contributed by atoms with E-state index in [1.165, 1.54) is 12.1 Å². The summed E-state index contributed by atoms with van der Waals surface area (Å²) < 4.78 is 23.2. The normalized spacial score (nSPS) is 10.8. The SMILES string of the molecule is CCOC(=O)c1nc(Nc2ccc(F)cc2)c2c(CC)noc2n1. The highest BCUT2D eigenvalue weighted by Gasteiger charge is 2.20. The van der Waals surface area contributed by atoms with Crippen molar-refractivity contribution in [2.24, 2.45) is 0 Å². The summed E-state index contributed by atoms with van der Waals surface area (Å²) in [5.41, 5.74) is 1.45. The first-order valence-corrected chi connectivity index (χ1v) is 7.48. The molecule has 2 heterocycles. The Kier molecular flexibility index (Phi) is 4.37. The maximum atomic E-state index is 13.1. The number of benzene rings is 1. The molecule has 1 aromatic carbocycles. The van der Waals surface area contributed by atoms with Crippen LogP contribution in [0.2, 0.25) is 0 Å². The number of anilines is 2. The highest BCUT2D eigenvalue weighted by atomic mass is 19.1. The molecule has 7 nitrogen and oxygen atoms in total. The molecule has 3 rings (SSSR count). The monoisotopic (exact) mass is 330 g/mol. The van der Waals surface area contributed by atoms with E-state index in [9.17, 15) is 9.18 Å². The van der Waals surface area contributed by atoms with Gasteiger partial charge in [0.2, 0.25) is 5.82 Å². The second-order valence-electron chi connectivity index (χ2n) is 4.91. The van der Waals surface area contributed by atoms with E-state index < -0.39 is 5.97 Å². The number of ether oxygens (including phenoxy) is 1. The Morgan fingerprint density at radius 3 is 2.67 bits per heavy atom. The molecular weight excluding hydrogens is 315 g/mol. The Morgan fingerprint density at radius 2 is 2.00 bits per heavy atom. The van der Waals surface area contributed by atoms with E-state index in [0.717, 1.165) is 0 Å². The predicted molar refractivity (Wildman–Crippen MR) is 84.6 cm³/mol. The van der Waals surface area contributed by atoms with Gasteiger partial charge in [-0.15, -0.1) is 0 Å². The first-order valence-electron chi connectivity index (χ1n) is 7.48. The van der Waals surface area contributed by atoms with Crippen molar-refractivity contribution < 1.29 is 18.4 Å². The molecule has 0 aliphatic heterocycles. The fraction of sp³-hybridized carbons (Fsp3) is 0.250. The van der Waals surface area contributed by atoms with E-state index in [2.05, 4.69) is 20.4 Å².